The highest BCUT2D eigenvalue weighted by Crippen LogP contribution is 2.09. The van der Waals surface area contributed by atoms with Crippen molar-refractivity contribution in [3.63, 3.8) is 0 Å². The van der Waals surface area contributed by atoms with Crippen LogP contribution in [-0.4, -0.2) is 35.9 Å². The minimum Gasteiger partial charge on any atom is -0.348 e. The van der Waals surface area contributed by atoms with Crippen molar-refractivity contribution >= 4 is 5.91 Å². The summed E-state index contributed by atoms with van der Waals surface area (Å²) in [6, 6.07) is 3.46. The minimum absolute atomic E-state index is 0.178. The van der Waals surface area contributed by atoms with E-state index in [0.717, 1.165) is 17.0 Å². The summed E-state index contributed by atoms with van der Waals surface area (Å²) < 4.78 is 1.67. The molecule has 0 aromatic carbocycles. The van der Waals surface area contributed by atoms with Crippen LogP contribution in [0.5, 0.6) is 0 Å². The number of nitrogens with zero attached hydrogens (tertiary/aromatic N) is 5. The number of amides is 1. The van der Waals surface area contributed by atoms with Gasteiger partial charge in [-0.25, -0.2) is 4.98 Å². The largest absolute Gasteiger partial charge is 0.348 e. The molecule has 0 aliphatic heterocycles. The van der Waals surface area contributed by atoms with Gasteiger partial charge in [0.25, 0.3) is 5.91 Å². The van der Waals surface area contributed by atoms with E-state index in [0.29, 0.717) is 17.9 Å². The first-order valence-corrected chi connectivity index (χ1v) is 6.75. The van der Waals surface area contributed by atoms with Crippen LogP contribution in [0.3, 0.4) is 0 Å². The number of rotatable bonds is 4. The molecule has 0 spiro atoms. The molecule has 1 amide bonds. The summed E-state index contributed by atoms with van der Waals surface area (Å²) in [7, 11) is 0. The van der Waals surface area contributed by atoms with E-state index in [2.05, 4.69) is 30.7 Å². The van der Waals surface area contributed by atoms with Crippen LogP contribution in [0.15, 0.2) is 31.0 Å². The third-order valence-corrected chi connectivity index (χ3v) is 3.40. The van der Waals surface area contributed by atoms with Crippen LogP contribution >= 0.6 is 0 Å². The highest BCUT2D eigenvalue weighted by molar-refractivity contribution is 5.93. The molecule has 8 nitrogen and oxygen atoms in total. The number of H-pyrrole nitrogens is 1. The van der Waals surface area contributed by atoms with Gasteiger partial charge in [0.05, 0.1) is 11.3 Å². The lowest BCUT2D eigenvalue weighted by Gasteiger charge is -2.06. The van der Waals surface area contributed by atoms with Gasteiger partial charge in [0.1, 0.15) is 18.5 Å². The lowest BCUT2D eigenvalue weighted by Crippen LogP contribution is -2.23. The third-order valence-electron chi connectivity index (χ3n) is 3.40. The van der Waals surface area contributed by atoms with Crippen LogP contribution in [0, 0.1) is 13.8 Å². The molecule has 112 valence electrons. The quantitative estimate of drug-likeness (QED) is 0.746. The van der Waals surface area contributed by atoms with Gasteiger partial charge in [-0.1, -0.05) is 0 Å². The summed E-state index contributed by atoms with van der Waals surface area (Å²) >= 11 is 0. The van der Waals surface area contributed by atoms with Gasteiger partial charge in [-0.3, -0.25) is 14.5 Å². The van der Waals surface area contributed by atoms with Crippen molar-refractivity contribution in [3.8, 4) is 5.82 Å². The Labute approximate surface area is 126 Å². The molecule has 0 unspecified atom stereocenters. The zero-order valence-corrected chi connectivity index (χ0v) is 12.2. The van der Waals surface area contributed by atoms with Gasteiger partial charge in [-0.15, -0.1) is 10.2 Å². The molecule has 0 aliphatic carbocycles. The van der Waals surface area contributed by atoms with Crippen molar-refractivity contribution in [2.24, 2.45) is 0 Å². The summed E-state index contributed by atoms with van der Waals surface area (Å²) in [5, 5.41) is 17.3. The number of aryl methyl sites for hydroxylation is 2. The molecule has 0 bridgehead atoms. The maximum Gasteiger partial charge on any atom is 0.253 e. The smallest absolute Gasteiger partial charge is 0.253 e. The van der Waals surface area contributed by atoms with E-state index in [4.69, 9.17) is 0 Å². The van der Waals surface area contributed by atoms with Crippen LogP contribution in [0.2, 0.25) is 0 Å². The summed E-state index contributed by atoms with van der Waals surface area (Å²) in [6.07, 6.45) is 4.62. The van der Waals surface area contributed by atoms with Crippen LogP contribution in [0.4, 0.5) is 0 Å². The Morgan fingerprint density at radius 3 is 2.64 bits per heavy atom. The van der Waals surface area contributed by atoms with Gasteiger partial charge in [-0.05, 0) is 26.0 Å². The van der Waals surface area contributed by atoms with Gasteiger partial charge in [0.15, 0.2) is 0 Å². The highest BCUT2D eigenvalue weighted by atomic mass is 16.1. The molecule has 3 heterocycles. The Balaban J connectivity index is 1.68. The molecular formula is C14H15N7O. The van der Waals surface area contributed by atoms with Crippen LogP contribution < -0.4 is 5.32 Å². The molecule has 3 aromatic rings. The maximum absolute atomic E-state index is 12.1. The zero-order valence-electron chi connectivity index (χ0n) is 12.2. The molecule has 0 radical (unpaired) electrons. The molecule has 2 N–H and O–H groups in total. The molecule has 8 heteroatoms. The lowest BCUT2D eigenvalue weighted by atomic mass is 10.2. The second-order valence-electron chi connectivity index (χ2n) is 4.87. The summed E-state index contributed by atoms with van der Waals surface area (Å²) in [6.45, 7) is 4.26. The Hall–Kier alpha value is -3.03. The van der Waals surface area contributed by atoms with Gasteiger partial charge in [-0.2, -0.15) is 5.10 Å². The SMILES string of the molecule is Cc1n[nH]c(C)c1CNC(=O)c1ccc(-n2cnnc2)nc1. The fraction of sp³-hybridized carbons (Fsp3) is 0.214. The van der Waals surface area contributed by atoms with Gasteiger partial charge < -0.3 is 5.32 Å². The van der Waals surface area contributed by atoms with Gasteiger partial charge >= 0.3 is 0 Å². The topological polar surface area (TPSA) is 101 Å². The second kappa shape index (κ2) is 5.76. The normalized spacial score (nSPS) is 10.6. The van der Waals surface area contributed by atoms with Gasteiger partial charge in [0, 0.05) is 24.0 Å². The van der Waals surface area contributed by atoms with Crippen molar-refractivity contribution in [1.29, 1.82) is 0 Å². The summed E-state index contributed by atoms with van der Waals surface area (Å²) in [4.78, 5) is 16.4. The maximum atomic E-state index is 12.1. The molecule has 0 aliphatic rings. The number of hydrogen-bond donors (Lipinski definition) is 2. The first-order chi connectivity index (χ1) is 10.6. The summed E-state index contributed by atoms with van der Waals surface area (Å²) in [5.74, 6) is 0.478. The fourth-order valence-corrected chi connectivity index (χ4v) is 2.10. The monoisotopic (exact) mass is 297 g/mol. The first kappa shape index (κ1) is 13.9. The molecule has 3 aromatic heterocycles. The average molecular weight is 297 g/mol. The van der Waals surface area contributed by atoms with Crippen molar-refractivity contribution in [1.82, 2.24) is 35.3 Å². The molecule has 3 rings (SSSR count). The third kappa shape index (κ3) is 2.71. The zero-order chi connectivity index (χ0) is 15.5. The number of carbonyl (C=O) groups is 1. The molecule has 0 fully saturated rings. The number of aromatic nitrogens is 6. The number of pyridine rings is 1. The second-order valence-corrected chi connectivity index (χ2v) is 4.87. The Morgan fingerprint density at radius 2 is 2.05 bits per heavy atom. The highest BCUT2D eigenvalue weighted by Gasteiger charge is 2.10. The number of hydrogen-bond acceptors (Lipinski definition) is 5. The van der Waals surface area contributed by atoms with E-state index in [-0.39, 0.29) is 5.91 Å². The van der Waals surface area contributed by atoms with Crippen molar-refractivity contribution in [3.05, 3.63) is 53.5 Å². The first-order valence-electron chi connectivity index (χ1n) is 6.75. The lowest BCUT2D eigenvalue weighted by molar-refractivity contribution is 0.0950. The predicted octanol–water partition coefficient (Wildman–Crippen LogP) is 0.932. The average Bonchev–Trinajstić information content (AvgIpc) is 3.17. The van der Waals surface area contributed by atoms with E-state index in [1.54, 1.807) is 29.4 Å². The predicted molar refractivity (Wildman–Crippen MR) is 78.4 cm³/mol. The van der Waals surface area contributed by atoms with Crippen LogP contribution in [0.25, 0.3) is 5.82 Å². The van der Waals surface area contributed by atoms with Crippen LogP contribution in [0.1, 0.15) is 27.3 Å². The molecule has 0 saturated carbocycles. The van der Waals surface area contributed by atoms with Crippen molar-refractivity contribution < 1.29 is 4.79 Å². The minimum atomic E-state index is -0.178. The molecular weight excluding hydrogens is 282 g/mol. The number of aromatic amines is 1. The Kier molecular flexibility index (Phi) is 3.65. The van der Waals surface area contributed by atoms with Gasteiger partial charge in [0.2, 0.25) is 0 Å². The van der Waals surface area contributed by atoms with E-state index >= 15 is 0 Å². The van der Waals surface area contributed by atoms with Crippen molar-refractivity contribution in [2.75, 3.05) is 0 Å². The number of nitrogens with one attached hydrogen (secondary N) is 2. The van der Waals surface area contributed by atoms with E-state index < -0.39 is 0 Å². The van der Waals surface area contributed by atoms with Crippen LogP contribution in [-0.2, 0) is 6.54 Å². The molecule has 0 saturated heterocycles. The van der Waals surface area contributed by atoms with E-state index in [9.17, 15) is 4.79 Å². The Bertz CT molecular complexity index is 755. The standard InChI is InChI=1S/C14H15N7O/c1-9-12(10(2)20-19-9)6-16-14(22)11-3-4-13(15-5-11)21-7-17-18-8-21/h3-5,7-8H,6H2,1-2H3,(H,16,22)(H,19,20). The summed E-state index contributed by atoms with van der Waals surface area (Å²) in [5.41, 5.74) is 3.34. The van der Waals surface area contributed by atoms with E-state index in [1.807, 2.05) is 13.8 Å². The molecule has 0 atom stereocenters. The van der Waals surface area contributed by atoms with Crippen molar-refractivity contribution in [2.45, 2.75) is 20.4 Å². The molecule has 22 heavy (non-hydrogen) atoms. The fourth-order valence-electron chi connectivity index (χ4n) is 2.10. The van der Waals surface area contributed by atoms with E-state index in [1.165, 1.54) is 6.20 Å². The Morgan fingerprint density at radius 1 is 1.27 bits per heavy atom. The number of carbonyl (C=O) groups excluding carboxylic acids is 1.